The van der Waals surface area contributed by atoms with Crippen LogP contribution in [0.4, 0.5) is 5.82 Å². The maximum Gasteiger partial charge on any atom is 0.354 e. The Bertz CT molecular complexity index is 539. The number of hydrogen-bond acceptors (Lipinski definition) is 4. The first-order chi connectivity index (χ1) is 9.15. The minimum Gasteiger partial charge on any atom is -0.477 e. The van der Waals surface area contributed by atoms with Gasteiger partial charge in [0, 0.05) is 25.5 Å². The lowest BCUT2D eigenvalue weighted by atomic mass is 10.2. The number of rotatable bonds is 6. The van der Waals surface area contributed by atoms with Gasteiger partial charge in [0.05, 0.1) is 0 Å². The number of hydrogen-bond donors (Lipinski definition) is 2. The van der Waals surface area contributed by atoms with Gasteiger partial charge in [-0.1, -0.05) is 13.0 Å². The van der Waals surface area contributed by atoms with Crippen LogP contribution in [0.1, 0.15) is 17.4 Å². The summed E-state index contributed by atoms with van der Waals surface area (Å²) in [5.41, 5.74) is 0.0460. The third kappa shape index (κ3) is 3.80. The molecule has 2 heterocycles. The van der Waals surface area contributed by atoms with Crippen molar-refractivity contribution in [2.75, 3.05) is 11.9 Å². The molecule has 0 spiro atoms. The maximum atomic E-state index is 10.8. The summed E-state index contributed by atoms with van der Waals surface area (Å²) in [4.78, 5) is 14.8. The predicted octanol–water partition coefficient (Wildman–Crippen LogP) is 1.72. The molecule has 0 saturated heterocycles. The van der Waals surface area contributed by atoms with Crippen LogP contribution in [0.25, 0.3) is 0 Å². The Kier molecular flexibility index (Phi) is 4.12. The van der Waals surface area contributed by atoms with E-state index in [1.165, 1.54) is 6.07 Å². The lowest BCUT2D eigenvalue weighted by molar-refractivity contribution is 0.0690. The highest BCUT2D eigenvalue weighted by Crippen LogP contribution is 2.07. The molecule has 19 heavy (non-hydrogen) atoms. The van der Waals surface area contributed by atoms with E-state index in [4.69, 9.17) is 5.11 Å². The zero-order valence-corrected chi connectivity index (χ0v) is 10.7. The van der Waals surface area contributed by atoms with Gasteiger partial charge in [-0.15, -0.1) is 0 Å². The van der Waals surface area contributed by atoms with Crippen molar-refractivity contribution in [2.24, 2.45) is 5.92 Å². The van der Waals surface area contributed by atoms with Crippen LogP contribution in [-0.4, -0.2) is 32.4 Å². The molecule has 0 bridgehead atoms. The Morgan fingerprint density at radius 2 is 2.32 bits per heavy atom. The molecule has 0 fully saturated rings. The Balaban J connectivity index is 1.88. The van der Waals surface area contributed by atoms with Crippen LogP contribution in [0, 0.1) is 5.92 Å². The van der Waals surface area contributed by atoms with Crippen LogP contribution in [0.15, 0.2) is 36.7 Å². The highest BCUT2D eigenvalue weighted by Gasteiger charge is 2.07. The van der Waals surface area contributed by atoms with Crippen molar-refractivity contribution < 1.29 is 9.90 Å². The van der Waals surface area contributed by atoms with E-state index < -0.39 is 5.97 Å². The first-order valence-electron chi connectivity index (χ1n) is 6.07. The quantitative estimate of drug-likeness (QED) is 0.826. The summed E-state index contributed by atoms with van der Waals surface area (Å²) in [7, 11) is 0. The topological polar surface area (TPSA) is 80.0 Å². The van der Waals surface area contributed by atoms with Crippen molar-refractivity contribution in [3.8, 4) is 0 Å². The van der Waals surface area contributed by atoms with Crippen molar-refractivity contribution >= 4 is 11.8 Å². The molecular weight excluding hydrogens is 244 g/mol. The van der Waals surface area contributed by atoms with E-state index >= 15 is 0 Å². The van der Waals surface area contributed by atoms with Gasteiger partial charge < -0.3 is 10.4 Å². The van der Waals surface area contributed by atoms with Crippen LogP contribution in [-0.2, 0) is 6.54 Å². The summed E-state index contributed by atoms with van der Waals surface area (Å²) in [5, 5.41) is 16.1. The second kappa shape index (κ2) is 5.99. The Morgan fingerprint density at radius 3 is 3.00 bits per heavy atom. The predicted molar refractivity (Wildman–Crippen MR) is 71.1 cm³/mol. The van der Waals surface area contributed by atoms with Gasteiger partial charge in [-0.3, -0.25) is 4.68 Å². The molecule has 2 N–H and O–H groups in total. The molecule has 0 aromatic carbocycles. The molecule has 1 atom stereocenters. The molecular formula is C13H16N4O2. The molecule has 0 amide bonds. The molecule has 0 radical (unpaired) electrons. The molecule has 0 aliphatic rings. The average molecular weight is 260 g/mol. The highest BCUT2D eigenvalue weighted by atomic mass is 16.4. The van der Waals surface area contributed by atoms with Crippen molar-refractivity contribution in [3.63, 3.8) is 0 Å². The Labute approximate surface area is 111 Å². The van der Waals surface area contributed by atoms with E-state index in [9.17, 15) is 4.79 Å². The third-order valence-corrected chi connectivity index (χ3v) is 2.66. The second-order valence-electron chi connectivity index (χ2n) is 4.43. The molecule has 2 aromatic rings. The van der Waals surface area contributed by atoms with Gasteiger partial charge in [-0.2, -0.15) is 5.10 Å². The molecule has 6 heteroatoms. The number of pyridine rings is 1. The first kappa shape index (κ1) is 13.1. The van der Waals surface area contributed by atoms with Crippen molar-refractivity contribution in [1.29, 1.82) is 0 Å². The number of anilines is 1. The Morgan fingerprint density at radius 1 is 1.47 bits per heavy atom. The fourth-order valence-corrected chi connectivity index (χ4v) is 1.72. The average Bonchev–Trinajstić information content (AvgIpc) is 2.89. The molecule has 0 saturated carbocycles. The van der Waals surface area contributed by atoms with Gasteiger partial charge >= 0.3 is 5.97 Å². The van der Waals surface area contributed by atoms with E-state index in [2.05, 4.69) is 22.3 Å². The van der Waals surface area contributed by atoms with Gasteiger partial charge in [-0.05, 0) is 24.1 Å². The van der Waals surface area contributed by atoms with E-state index in [1.807, 2.05) is 16.9 Å². The molecule has 0 aliphatic carbocycles. The molecule has 2 aromatic heterocycles. The SMILES string of the molecule is CC(CNc1cccc(C(=O)O)n1)Cn1cccn1. The number of carboxylic acid groups (broad SMARTS) is 1. The number of aromatic carboxylic acids is 1. The summed E-state index contributed by atoms with van der Waals surface area (Å²) in [5.74, 6) is -0.0874. The molecule has 1 unspecified atom stereocenters. The van der Waals surface area contributed by atoms with Gasteiger partial charge in [0.25, 0.3) is 0 Å². The number of carboxylic acids is 1. The molecule has 6 nitrogen and oxygen atoms in total. The third-order valence-electron chi connectivity index (χ3n) is 2.66. The zero-order valence-electron chi connectivity index (χ0n) is 10.7. The normalized spacial score (nSPS) is 12.1. The lowest BCUT2D eigenvalue weighted by Crippen LogP contribution is -2.18. The fraction of sp³-hybridized carbons (Fsp3) is 0.308. The number of aromatic nitrogens is 3. The van der Waals surface area contributed by atoms with Crippen LogP contribution in [0.3, 0.4) is 0 Å². The largest absolute Gasteiger partial charge is 0.477 e. The smallest absolute Gasteiger partial charge is 0.354 e. The number of nitrogens with one attached hydrogen (secondary N) is 1. The second-order valence-corrected chi connectivity index (χ2v) is 4.43. The zero-order chi connectivity index (χ0) is 13.7. The summed E-state index contributed by atoms with van der Waals surface area (Å²) < 4.78 is 1.87. The molecule has 100 valence electrons. The van der Waals surface area contributed by atoms with E-state index in [0.29, 0.717) is 18.3 Å². The van der Waals surface area contributed by atoms with E-state index in [-0.39, 0.29) is 5.69 Å². The summed E-state index contributed by atoms with van der Waals surface area (Å²) in [6.07, 6.45) is 3.66. The molecule has 2 rings (SSSR count). The van der Waals surface area contributed by atoms with E-state index in [1.54, 1.807) is 18.3 Å². The van der Waals surface area contributed by atoms with Crippen LogP contribution in [0.5, 0.6) is 0 Å². The van der Waals surface area contributed by atoms with Crippen molar-refractivity contribution in [1.82, 2.24) is 14.8 Å². The van der Waals surface area contributed by atoms with Gasteiger partial charge in [0.1, 0.15) is 5.82 Å². The minimum atomic E-state index is -1.02. The fourth-order valence-electron chi connectivity index (χ4n) is 1.72. The van der Waals surface area contributed by atoms with Crippen molar-refractivity contribution in [2.45, 2.75) is 13.5 Å². The van der Waals surface area contributed by atoms with Gasteiger partial charge in [-0.25, -0.2) is 9.78 Å². The lowest BCUT2D eigenvalue weighted by Gasteiger charge is -2.13. The summed E-state index contributed by atoms with van der Waals surface area (Å²) in [6, 6.07) is 6.79. The van der Waals surface area contributed by atoms with Crippen LogP contribution < -0.4 is 5.32 Å². The van der Waals surface area contributed by atoms with Crippen LogP contribution >= 0.6 is 0 Å². The number of nitrogens with zero attached hydrogens (tertiary/aromatic N) is 3. The van der Waals surface area contributed by atoms with E-state index in [0.717, 1.165) is 6.54 Å². The standard InChI is InChI=1S/C13H16N4O2/c1-10(9-17-7-3-6-15-17)8-14-12-5-2-4-11(16-12)13(18)19/h2-7,10H,8-9H2,1H3,(H,14,16)(H,18,19). The molecule has 0 aliphatic heterocycles. The van der Waals surface area contributed by atoms with Crippen molar-refractivity contribution in [3.05, 3.63) is 42.4 Å². The minimum absolute atomic E-state index is 0.0460. The first-order valence-corrected chi connectivity index (χ1v) is 6.07. The summed E-state index contributed by atoms with van der Waals surface area (Å²) >= 11 is 0. The monoisotopic (exact) mass is 260 g/mol. The number of carbonyl (C=O) groups is 1. The Hall–Kier alpha value is -2.37. The van der Waals surface area contributed by atoms with Gasteiger partial charge in [0.15, 0.2) is 5.69 Å². The van der Waals surface area contributed by atoms with Gasteiger partial charge in [0.2, 0.25) is 0 Å². The summed E-state index contributed by atoms with van der Waals surface area (Å²) in [6.45, 7) is 3.60. The van der Waals surface area contributed by atoms with Crippen LogP contribution in [0.2, 0.25) is 0 Å². The maximum absolute atomic E-state index is 10.8. The highest BCUT2D eigenvalue weighted by molar-refractivity contribution is 5.85.